The molecule has 0 heterocycles. The first-order chi connectivity index (χ1) is 7.29. The molecular weight excluding hydrogens is 208 g/mol. The van der Waals surface area contributed by atoms with Crippen LogP contribution in [0.3, 0.4) is 0 Å². The minimum absolute atomic E-state index is 0.0918. The largest absolute Gasteiger partial charge is 0.506 e. The third-order valence-electron chi connectivity index (χ3n) is 1.70. The van der Waals surface area contributed by atoms with Gasteiger partial charge in [0.25, 0.3) is 0 Å². The monoisotopic (exact) mass is 224 g/mol. The van der Waals surface area contributed by atoms with E-state index in [-0.39, 0.29) is 17.1 Å². The van der Waals surface area contributed by atoms with E-state index in [1.54, 1.807) is 32.9 Å². The van der Waals surface area contributed by atoms with Gasteiger partial charge in [-0.2, -0.15) is 0 Å². The average Bonchev–Trinajstić information content (AvgIpc) is 2.08. The van der Waals surface area contributed by atoms with Crippen LogP contribution in [0.4, 0.5) is 16.2 Å². The number of aromatic hydroxyl groups is 1. The van der Waals surface area contributed by atoms with Crippen LogP contribution in [-0.4, -0.2) is 16.8 Å². The van der Waals surface area contributed by atoms with Crippen LogP contribution >= 0.6 is 0 Å². The molecule has 0 fully saturated rings. The first-order valence-electron chi connectivity index (χ1n) is 4.87. The van der Waals surface area contributed by atoms with E-state index >= 15 is 0 Å². The zero-order valence-corrected chi connectivity index (χ0v) is 9.57. The van der Waals surface area contributed by atoms with E-state index in [2.05, 4.69) is 5.32 Å². The second-order valence-corrected chi connectivity index (χ2v) is 4.37. The summed E-state index contributed by atoms with van der Waals surface area (Å²) in [6.07, 6.45) is -0.652. The van der Waals surface area contributed by atoms with Gasteiger partial charge in [0.05, 0.1) is 5.69 Å². The van der Waals surface area contributed by atoms with Gasteiger partial charge in [-0.1, -0.05) is 6.07 Å². The highest BCUT2D eigenvalue weighted by atomic mass is 16.6. The molecule has 0 unspecified atom stereocenters. The Morgan fingerprint density at radius 1 is 1.44 bits per heavy atom. The summed E-state index contributed by atoms with van der Waals surface area (Å²) in [6, 6.07) is 4.60. The van der Waals surface area contributed by atoms with Crippen LogP contribution in [0.15, 0.2) is 18.2 Å². The van der Waals surface area contributed by atoms with Crippen LogP contribution in [0.1, 0.15) is 20.8 Å². The highest BCUT2D eigenvalue weighted by Crippen LogP contribution is 2.29. The average molecular weight is 224 g/mol. The van der Waals surface area contributed by atoms with Crippen molar-refractivity contribution in [2.45, 2.75) is 26.4 Å². The summed E-state index contributed by atoms with van der Waals surface area (Å²) in [7, 11) is 0. The van der Waals surface area contributed by atoms with Crippen molar-refractivity contribution in [1.29, 1.82) is 0 Å². The van der Waals surface area contributed by atoms with Gasteiger partial charge in [-0.25, -0.2) is 4.79 Å². The topological polar surface area (TPSA) is 84.6 Å². The van der Waals surface area contributed by atoms with Crippen molar-refractivity contribution in [3.8, 4) is 5.75 Å². The van der Waals surface area contributed by atoms with E-state index < -0.39 is 11.7 Å². The Morgan fingerprint density at radius 3 is 2.56 bits per heavy atom. The Hall–Kier alpha value is -1.91. The number of benzene rings is 1. The number of hydrogen-bond donors (Lipinski definition) is 3. The van der Waals surface area contributed by atoms with Gasteiger partial charge in [-0.3, -0.25) is 5.32 Å². The molecule has 1 aromatic rings. The molecule has 0 saturated carbocycles. The maximum absolute atomic E-state index is 11.4. The van der Waals surface area contributed by atoms with Gasteiger partial charge in [0.2, 0.25) is 0 Å². The molecule has 4 N–H and O–H groups in total. The smallest absolute Gasteiger partial charge is 0.412 e. The van der Waals surface area contributed by atoms with Crippen molar-refractivity contribution in [2.24, 2.45) is 0 Å². The molecule has 0 bridgehead atoms. The van der Waals surface area contributed by atoms with Crippen molar-refractivity contribution < 1.29 is 14.6 Å². The summed E-state index contributed by atoms with van der Waals surface area (Å²) in [6.45, 7) is 5.25. The Balaban J connectivity index is 2.78. The molecule has 0 radical (unpaired) electrons. The minimum Gasteiger partial charge on any atom is -0.506 e. The molecule has 0 spiro atoms. The van der Waals surface area contributed by atoms with E-state index in [1.807, 2.05) is 0 Å². The van der Waals surface area contributed by atoms with Gasteiger partial charge in [0, 0.05) is 0 Å². The number of nitrogens with one attached hydrogen (secondary N) is 1. The van der Waals surface area contributed by atoms with E-state index in [1.165, 1.54) is 6.07 Å². The van der Waals surface area contributed by atoms with E-state index in [0.717, 1.165) is 0 Å². The van der Waals surface area contributed by atoms with Gasteiger partial charge >= 0.3 is 6.09 Å². The van der Waals surface area contributed by atoms with E-state index in [4.69, 9.17) is 10.5 Å². The lowest BCUT2D eigenvalue weighted by atomic mass is 10.2. The number of carbonyl (C=O) groups excluding carboxylic acids is 1. The highest BCUT2D eigenvalue weighted by molar-refractivity contribution is 5.91. The third-order valence-corrected chi connectivity index (χ3v) is 1.70. The summed E-state index contributed by atoms with van der Waals surface area (Å²) in [5.74, 6) is -0.0918. The molecule has 16 heavy (non-hydrogen) atoms. The SMILES string of the molecule is CC(C)(C)OC(=O)Nc1c(N)cccc1O. The Morgan fingerprint density at radius 2 is 2.06 bits per heavy atom. The van der Waals surface area contributed by atoms with Crippen LogP contribution in [0.5, 0.6) is 5.75 Å². The number of carbonyl (C=O) groups is 1. The van der Waals surface area contributed by atoms with Gasteiger partial charge in [-0.15, -0.1) is 0 Å². The lowest BCUT2D eigenvalue weighted by molar-refractivity contribution is 0.0635. The fourth-order valence-electron chi connectivity index (χ4n) is 1.10. The van der Waals surface area contributed by atoms with Crippen molar-refractivity contribution in [3.63, 3.8) is 0 Å². The number of anilines is 2. The Labute approximate surface area is 94.2 Å². The van der Waals surface area contributed by atoms with Gasteiger partial charge < -0.3 is 15.6 Å². The first-order valence-corrected chi connectivity index (χ1v) is 4.87. The predicted octanol–water partition coefficient (Wildman–Crippen LogP) is 2.32. The number of nitrogens with two attached hydrogens (primary N) is 1. The third kappa shape index (κ3) is 3.34. The maximum Gasteiger partial charge on any atom is 0.412 e. The molecule has 5 heteroatoms. The molecule has 1 aromatic carbocycles. The number of para-hydroxylation sites is 1. The lowest BCUT2D eigenvalue weighted by Crippen LogP contribution is -2.27. The standard InChI is InChI=1S/C11H16N2O3/c1-11(2,3)16-10(15)13-9-7(12)5-4-6-8(9)14/h4-6,14H,12H2,1-3H3,(H,13,15). The normalized spacial score (nSPS) is 10.9. The molecular formula is C11H16N2O3. The van der Waals surface area contributed by atoms with Gasteiger partial charge in [0.15, 0.2) is 0 Å². The molecule has 0 aliphatic carbocycles. The quantitative estimate of drug-likeness (QED) is 0.505. The van der Waals surface area contributed by atoms with Gasteiger partial charge in [0.1, 0.15) is 17.0 Å². The van der Waals surface area contributed by atoms with Crippen LogP contribution in [-0.2, 0) is 4.74 Å². The number of nitrogen functional groups attached to an aromatic ring is 1. The number of rotatable bonds is 1. The van der Waals surface area contributed by atoms with E-state index in [0.29, 0.717) is 0 Å². The van der Waals surface area contributed by atoms with Crippen LogP contribution in [0, 0.1) is 0 Å². The van der Waals surface area contributed by atoms with Gasteiger partial charge in [-0.05, 0) is 32.9 Å². The van der Waals surface area contributed by atoms with Crippen molar-refractivity contribution in [1.82, 2.24) is 0 Å². The van der Waals surface area contributed by atoms with E-state index in [9.17, 15) is 9.90 Å². The molecule has 0 saturated heterocycles. The van der Waals surface area contributed by atoms with Crippen LogP contribution < -0.4 is 11.1 Å². The number of phenolic OH excluding ortho intramolecular Hbond substituents is 1. The molecule has 0 aliphatic rings. The number of hydrogen-bond acceptors (Lipinski definition) is 4. The Bertz CT molecular complexity index is 376. The highest BCUT2D eigenvalue weighted by Gasteiger charge is 2.18. The maximum atomic E-state index is 11.4. The van der Waals surface area contributed by atoms with Crippen LogP contribution in [0.25, 0.3) is 0 Å². The predicted molar refractivity (Wildman–Crippen MR) is 62.4 cm³/mol. The summed E-state index contributed by atoms with van der Waals surface area (Å²) in [4.78, 5) is 11.4. The summed E-state index contributed by atoms with van der Waals surface area (Å²) in [5.41, 5.74) is 5.46. The fourth-order valence-corrected chi connectivity index (χ4v) is 1.10. The van der Waals surface area contributed by atoms with Crippen molar-refractivity contribution >= 4 is 17.5 Å². The number of ether oxygens (including phenoxy) is 1. The summed E-state index contributed by atoms with van der Waals surface area (Å²) in [5, 5.41) is 11.9. The fraction of sp³-hybridized carbons (Fsp3) is 0.364. The molecule has 1 amide bonds. The Kier molecular flexibility index (Phi) is 3.27. The molecule has 0 aromatic heterocycles. The number of phenols is 1. The molecule has 88 valence electrons. The first kappa shape index (κ1) is 12.2. The lowest BCUT2D eigenvalue weighted by Gasteiger charge is -2.20. The zero-order valence-electron chi connectivity index (χ0n) is 9.57. The van der Waals surface area contributed by atoms with Crippen molar-refractivity contribution in [2.75, 3.05) is 11.1 Å². The minimum atomic E-state index is -0.652. The summed E-state index contributed by atoms with van der Waals surface area (Å²) >= 11 is 0. The molecule has 5 nitrogen and oxygen atoms in total. The second kappa shape index (κ2) is 4.30. The van der Waals surface area contributed by atoms with Crippen LogP contribution in [0.2, 0.25) is 0 Å². The van der Waals surface area contributed by atoms with Crippen molar-refractivity contribution in [3.05, 3.63) is 18.2 Å². The number of amides is 1. The zero-order chi connectivity index (χ0) is 12.3. The molecule has 1 rings (SSSR count). The molecule has 0 atom stereocenters. The summed E-state index contributed by atoms with van der Waals surface area (Å²) < 4.78 is 5.03. The second-order valence-electron chi connectivity index (χ2n) is 4.37. The molecule has 0 aliphatic heterocycles.